The molecule has 1 atom stereocenters. The van der Waals surface area contributed by atoms with Crippen LogP contribution in [0.5, 0.6) is 0 Å². The van der Waals surface area contributed by atoms with Gasteiger partial charge in [-0.2, -0.15) is 5.26 Å². The molecule has 0 aromatic heterocycles. The summed E-state index contributed by atoms with van der Waals surface area (Å²) in [6.07, 6.45) is 0. The molecule has 1 aromatic carbocycles. The van der Waals surface area contributed by atoms with E-state index >= 15 is 0 Å². The number of hydrogen-bond donors (Lipinski definition) is 1. The highest BCUT2D eigenvalue weighted by Crippen LogP contribution is 2.17. The maximum atomic E-state index is 11.9. The predicted molar refractivity (Wildman–Crippen MR) is 75.8 cm³/mol. The predicted octanol–water partition coefficient (Wildman–Crippen LogP) is 2.17. The van der Waals surface area contributed by atoms with Crippen molar-refractivity contribution in [2.75, 3.05) is 13.6 Å². The summed E-state index contributed by atoms with van der Waals surface area (Å²) in [6, 6.07) is 6.91. The molecule has 0 bridgehead atoms. The first-order chi connectivity index (χ1) is 8.99. The lowest BCUT2D eigenvalue weighted by Crippen LogP contribution is -2.42. The molecule has 1 aromatic rings. The zero-order chi connectivity index (χ0) is 14.4. The number of benzene rings is 1. The van der Waals surface area contributed by atoms with Crippen molar-refractivity contribution < 1.29 is 4.79 Å². The fourth-order valence-electron chi connectivity index (χ4n) is 1.60. The number of nitrogens with one attached hydrogen (secondary N) is 1. The Bertz CT molecular complexity index is 496. The van der Waals surface area contributed by atoms with E-state index in [0.717, 1.165) is 5.56 Å². The molecule has 1 unspecified atom stereocenters. The highest BCUT2D eigenvalue weighted by atomic mass is 35.5. The van der Waals surface area contributed by atoms with Crippen LogP contribution >= 0.6 is 11.6 Å². The van der Waals surface area contributed by atoms with Crippen LogP contribution in [0, 0.1) is 11.3 Å². The maximum absolute atomic E-state index is 11.9. The van der Waals surface area contributed by atoms with Crippen molar-refractivity contribution >= 4 is 17.5 Å². The van der Waals surface area contributed by atoms with Gasteiger partial charge in [0.05, 0.1) is 17.7 Å². The molecule has 1 amide bonds. The second-order valence-corrected chi connectivity index (χ2v) is 4.78. The number of amides is 1. The number of likely N-dealkylation sites (N-methyl/N-ethyl adjacent to an activating group) is 1. The summed E-state index contributed by atoms with van der Waals surface area (Å²) >= 11 is 6.07. The minimum Gasteiger partial charge on any atom is -0.345 e. The first-order valence-electron chi connectivity index (χ1n) is 6.16. The molecule has 0 spiro atoms. The van der Waals surface area contributed by atoms with Gasteiger partial charge < -0.3 is 10.2 Å². The Morgan fingerprint density at radius 1 is 1.58 bits per heavy atom. The fourth-order valence-corrected chi connectivity index (χ4v) is 1.84. The molecule has 0 saturated carbocycles. The van der Waals surface area contributed by atoms with Crippen molar-refractivity contribution in [1.29, 1.82) is 5.26 Å². The third-order valence-corrected chi connectivity index (χ3v) is 3.35. The smallest absolute Gasteiger partial charge is 0.239 e. The van der Waals surface area contributed by atoms with Crippen LogP contribution in [0.3, 0.4) is 0 Å². The molecule has 4 nitrogen and oxygen atoms in total. The van der Waals surface area contributed by atoms with Crippen LogP contribution in [0.25, 0.3) is 0 Å². The lowest BCUT2D eigenvalue weighted by molar-refractivity contribution is -0.131. The first-order valence-corrected chi connectivity index (χ1v) is 6.54. The van der Waals surface area contributed by atoms with Crippen LogP contribution in [0.4, 0.5) is 0 Å². The van der Waals surface area contributed by atoms with Gasteiger partial charge in [-0.05, 0) is 31.5 Å². The van der Waals surface area contributed by atoms with Gasteiger partial charge in [0.2, 0.25) is 5.91 Å². The summed E-state index contributed by atoms with van der Waals surface area (Å²) in [4.78, 5) is 13.5. The number of halogens is 1. The normalized spacial score (nSPS) is 11.7. The highest BCUT2D eigenvalue weighted by Gasteiger charge is 2.15. The minimum absolute atomic E-state index is 0.0484. The highest BCUT2D eigenvalue weighted by molar-refractivity contribution is 6.31. The topological polar surface area (TPSA) is 56.1 Å². The largest absolute Gasteiger partial charge is 0.345 e. The zero-order valence-electron chi connectivity index (χ0n) is 11.4. The monoisotopic (exact) mass is 279 g/mol. The first kappa shape index (κ1) is 15.5. The van der Waals surface area contributed by atoms with Gasteiger partial charge in [0.25, 0.3) is 0 Å². The van der Waals surface area contributed by atoms with E-state index in [2.05, 4.69) is 5.32 Å². The molecule has 0 fully saturated rings. The molecule has 1 rings (SSSR count). The Hall–Kier alpha value is -1.57. The average molecular weight is 280 g/mol. The third-order valence-electron chi connectivity index (χ3n) is 3.00. The van der Waals surface area contributed by atoms with Gasteiger partial charge in [-0.25, -0.2) is 0 Å². The number of rotatable bonds is 5. The van der Waals surface area contributed by atoms with Gasteiger partial charge in [-0.1, -0.05) is 17.7 Å². The van der Waals surface area contributed by atoms with Gasteiger partial charge in [0.1, 0.15) is 0 Å². The van der Waals surface area contributed by atoms with Gasteiger partial charge in [-0.3, -0.25) is 4.79 Å². The summed E-state index contributed by atoms with van der Waals surface area (Å²) in [7, 11) is 1.77. The Labute approximate surface area is 119 Å². The van der Waals surface area contributed by atoms with Crippen molar-refractivity contribution in [3.05, 3.63) is 34.3 Å². The molecule has 19 heavy (non-hydrogen) atoms. The standard InChI is InChI=1S/C14H18ClN3O/c1-4-18(3)14(19)10(2)17-9-12-6-5-11(8-16)7-13(12)15/h5-7,10,17H,4,9H2,1-3H3. The van der Waals surface area contributed by atoms with Crippen LogP contribution in [-0.4, -0.2) is 30.4 Å². The third kappa shape index (κ3) is 4.23. The average Bonchev–Trinajstić information content (AvgIpc) is 2.43. The molecule has 5 heteroatoms. The van der Waals surface area contributed by atoms with Crippen LogP contribution in [-0.2, 0) is 11.3 Å². The maximum Gasteiger partial charge on any atom is 0.239 e. The van der Waals surface area contributed by atoms with E-state index in [1.54, 1.807) is 30.1 Å². The SMILES string of the molecule is CCN(C)C(=O)C(C)NCc1ccc(C#N)cc1Cl. The van der Waals surface area contributed by atoms with E-state index in [1.807, 2.05) is 19.9 Å². The van der Waals surface area contributed by atoms with Crippen molar-refractivity contribution in [2.24, 2.45) is 0 Å². The summed E-state index contributed by atoms with van der Waals surface area (Å²) in [5.74, 6) is 0.0484. The fraction of sp³-hybridized carbons (Fsp3) is 0.429. The van der Waals surface area contributed by atoms with Crippen molar-refractivity contribution in [2.45, 2.75) is 26.4 Å². The molecule has 0 aliphatic carbocycles. The van der Waals surface area contributed by atoms with E-state index in [0.29, 0.717) is 23.7 Å². The van der Waals surface area contributed by atoms with Crippen LogP contribution < -0.4 is 5.32 Å². The molecule has 0 heterocycles. The number of hydrogen-bond acceptors (Lipinski definition) is 3. The van der Waals surface area contributed by atoms with E-state index in [1.165, 1.54) is 0 Å². The van der Waals surface area contributed by atoms with Gasteiger partial charge >= 0.3 is 0 Å². The lowest BCUT2D eigenvalue weighted by atomic mass is 10.1. The molecule has 0 aliphatic rings. The minimum atomic E-state index is -0.267. The van der Waals surface area contributed by atoms with Crippen molar-refractivity contribution in [3.63, 3.8) is 0 Å². The number of nitrogens with zero attached hydrogens (tertiary/aromatic N) is 2. The van der Waals surface area contributed by atoms with Gasteiger partial charge in [-0.15, -0.1) is 0 Å². The molecule has 1 N–H and O–H groups in total. The van der Waals surface area contributed by atoms with Crippen LogP contribution in [0.2, 0.25) is 5.02 Å². The summed E-state index contributed by atoms with van der Waals surface area (Å²) in [5.41, 5.74) is 1.41. The number of nitriles is 1. The summed E-state index contributed by atoms with van der Waals surface area (Å²) in [5, 5.41) is 12.4. The van der Waals surface area contributed by atoms with Crippen LogP contribution in [0.1, 0.15) is 25.0 Å². The summed E-state index contributed by atoms with van der Waals surface area (Å²) in [6.45, 7) is 4.94. The molecule has 0 aliphatic heterocycles. The molecular weight excluding hydrogens is 262 g/mol. The Morgan fingerprint density at radius 2 is 2.26 bits per heavy atom. The lowest BCUT2D eigenvalue weighted by Gasteiger charge is -2.20. The van der Waals surface area contributed by atoms with Crippen molar-refractivity contribution in [1.82, 2.24) is 10.2 Å². The Kier molecular flexibility index (Phi) is 5.81. The summed E-state index contributed by atoms with van der Waals surface area (Å²) < 4.78 is 0. The molecule has 0 saturated heterocycles. The second-order valence-electron chi connectivity index (χ2n) is 4.37. The van der Waals surface area contributed by atoms with E-state index in [9.17, 15) is 4.79 Å². The molecule has 102 valence electrons. The number of carbonyl (C=O) groups excluding carboxylic acids is 1. The van der Waals surface area contributed by atoms with E-state index < -0.39 is 0 Å². The number of carbonyl (C=O) groups is 1. The van der Waals surface area contributed by atoms with Crippen LogP contribution in [0.15, 0.2) is 18.2 Å². The zero-order valence-corrected chi connectivity index (χ0v) is 12.2. The van der Waals surface area contributed by atoms with E-state index in [-0.39, 0.29) is 11.9 Å². The molecule has 0 radical (unpaired) electrons. The second kappa shape index (κ2) is 7.13. The Balaban J connectivity index is 2.62. The van der Waals surface area contributed by atoms with Crippen molar-refractivity contribution in [3.8, 4) is 6.07 Å². The van der Waals surface area contributed by atoms with Gasteiger partial charge in [0, 0.05) is 25.2 Å². The quantitative estimate of drug-likeness (QED) is 0.899. The van der Waals surface area contributed by atoms with E-state index in [4.69, 9.17) is 16.9 Å². The molecular formula is C14H18ClN3O. The van der Waals surface area contributed by atoms with Gasteiger partial charge in [0.15, 0.2) is 0 Å². The Morgan fingerprint density at radius 3 is 2.79 bits per heavy atom.